The van der Waals surface area contributed by atoms with E-state index >= 15 is 0 Å². The number of aryl methyl sites for hydroxylation is 1. The van der Waals surface area contributed by atoms with Crippen molar-refractivity contribution in [3.8, 4) is 0 Å². The van der Waals surface area contributed by atoms with Crippen molar-refractivity contribution in [1.29, 1.82) is 0 Å². The molecule has 0 bridgehead atoms. The van der Waals surface area contributed by atoms with Crippen LogP contribution in [0.4, 0.5) is 5.69 Å². The molecule has 2 aliphatic heterocycles. The van der Waals surface area contributed by atoms with Gasteiger partial charge in [0.05, 0.1) is 6.54 Å². The van der Waals surface area contributed by atoms with Gasteiger partial charge in [0, 0.05) is 47.9 Å². The van der Waals surface area contributed by atoms with E-state index in [0.29, 0.717) is 17.6 Å². The molecule has 0 aromatic heterocycles. The van der Waals surface area contributed by atoms with E-state index in [0.717, 1.165) is 48.7 Å². The molecule has 148 valence electrons. The minimum Gasteiger partial charge on any atom is -0.376 e. The lowest BCUT2D eigenvalue weighted by Gasteiger charge is -2.39. The minimum atomic E-state index is 0.0861. The first-order chi connectivity index (χ1) is 13.0. The van der Waals surface area contributed by atoms with Crippen molar-refractivity contribution in [3.05, 3.63) is 29.3 Å². The summed E-state index contributed by atoms with van der Waals surface area (Å²) < 4.78 is 0. The van der Waals surface area contributed by atoms with E-state index in [4.69, 9.17) is 0 Å². The SMILES string of the molecule is Cc1ccc(C(=O)N2CCSCC2)cc1NCC(=O)N1C(C)CCCC1C. The van der Waals surface area contributed by atoms with Crippen LogP contribution in [-0.2, 0) is 4.79 Å². The predicted octanol–water partition coefficient (Wildman–Crippen LogP) is 3.39. The zero-order chi connectivity index (χ0) is 19.4. The lowest BCUT2D eigenvalue weighted by atomic mass is 9.97. The molecular weight excluding hydrogens is 358 g/mol. The predicted molar refractivity (Wildman–Crippen MR) is 113 cm³/mol. The Hall–Kier alpha value is -1.69. The third-order valence-corrected chi connectivity index (χ3v) is 6.64. The van der Waals surface area contributed by atoms with Gasteiger partial charge < -0.3 is 15.1 Å². The molecule has 27 heavy (non-hydrogen) atoms. The number of anilines is 1. The van der Waals surface area contributed by atoms with E-state index in [2.05, 4.69) is 19.2 Å². The highest BCUT2D eigenvalue weighted by Gasteiger charge is 2.28. The third kappa shape index (κ3) is 4.78. The molecule has 3 rings (SSSR count). The number of piperidine rings is 1. The first-order valence-corrected chi connectivity index (χ1v) is 11.2. The van der Waals surface area contributed by atoms with Crippen LogP contribution < -0.4 is 5.32 Å². The van der Waals surface area contributed by atoms with Crippen LogP contribution in [0.25, 0.3) is 0 Å². The number of thioether (sulfide) groups is 1. The van der Waals surface area contributed by atoms with Crippen LogP contribution in [-0.4, -0.2) is 64.8 Å². The van der Waals surface area contributed by atoms with Gasteiger partial charge in [0.15, 0.2) is 0 Å². The van der Waals surface area contributed by atoms with Gasteiger partial charge in [-0.25, -0.2) is 0 Å². The second-order valence-corrected chi connectivity index (χ2v) is 8.94. The van der Waals surface area contributed by atoms with Gasteiger partial charge in [0.1, 0.15) is 0 Å². The standard InChI is InChI=1S/C21H31N3O2S/c1-15-7-8-18(21(26)23-9-11-27-12-10-23)13-19(15)22-14-20(25)24-16(2)5-4-6-17(24)3/h7-8,13,16-17,22H,4-6,9-12,14H2,1-3H3. The fourth-order valence-corrected chi connectivity index (χ4v) is 4.97. The number of hydrogen-bond donors (Lipinski definition) is 1. The van der Waals surface area contributed by atoms with E-state index in [9.17, 15) is 9.59 Å². The fourth-order valence-electron chi connectivity index (χ4n) is 4.07. The number of likely N-dealkylation sites (tertiary alicyclic amines) is 1. The van der Waals surface area contributed by atoms with Crippen molar-refractivity contribution >= 4 is 29.3 Å². The average Bonchev–Trinajstić information content (AvgIpc) is 2.67. The molecule has 2 aliphatic rings. The molecule has 2 atom stereocenters. The number of nitrogens with zero attached hydrogens (tertiary/aromatic N) is 2. The quantitative estimate of drug-likeness (QED) is 0.858. The number of hydrogen-bond acceptors (Lipinski definition) is 4. The van der Waals surface area contributed by atoms with Crippen molar-refractivity contribution in [2.45, 2.75) is 52.1 Å². The van der Waals surface area contributed by atoms with E-state index in [1.54, 1.807) is 0 Å². The highest BCUT2D eigenvalue weighted by molar-refractivity contribution is 7.99. The van der Waals surface area contributed by atoms with E-state index in [1.807, 2.05) is 46.7 Å². The largest absolute Gasteiger partial charge is 0.376 e. The molecule has 6 heteroatoms. The van der Waals surface area contributed by atoms with Crippen molar-refractivity contribution in [3.63, 3.8) is 0 Å². The molecule has 1 N–H and O–H groups in total. The molecule has 1 aromatic rings. The fraction of sp³-hybridized carbons (Fsp3) is 0.619. The molecule has 2 amide bonds. The first kappa shape index (κ1) is 20.1. The van der Waals surface area contributed by atoms with Crippen molar-refractivity contribution in [2.24, 2.45) is 0 Å². The second-order valence-electron chi connectivity index (χ2n) is 7.72. The Morgan fingerprint density at radius 2 is 1.81 bits per heavy atom. The van der Waals surface area contributed by atoms with Crippen molar-refractivity contribution < 1.29 is 9.59 Å². The van der Waals surface area contributed by atoms with Gasteiger partial charge in [-0.05, 0) is 57.7 Å². The summed E-state index contributed by atoms with van der Waals surface area (Å²) in [7, 11) is 0. The summed E-state index contributed by atoms with van der Waals surface area (Å²) >= 11 is 1.89. The topological polar surface area (TPSA) is 52.7 Å². The Morgan fingerprint density at radius 3 is 2.48 bits per heavy atom. The molecule has 2 saturated heterocycles. The molecule has 2 unspecified atom stereocenters. The molecule has 0 radical (unpaired) electrons. The third-order valence-electron chi connectivity index (χ3n) is 5.69. The maximum atomic E-state index is 12.8. The van der Waals surface area contributed by atoms with Crippen LogP contribution in [0.3, 0.4) is 0 Å². The monoisotopic (exact) mass is 389 g/mol. The summed E-state index contributed by atoms with van der Waals surface area (Å²) in [6.45, 7) is 8.16. The molecule has 0 saturated carbocycles. The lowest BCUT2D eigenvalue weighted by Crippen LogP contribution is -2.49. The average molecular weight is 390 g/mol. The van der Waals surface area contributed by atoms with Crippen LogP contribution in [0, 0.1) is 6.92 Å². The Balaban J connectivity index is 1.66. The Kier molecular flexibility index (Phi) is 6.68. The maximum Gasteiger partial charge on any atom is 0.253 e. The van der Waals surface area contributed by atoms with Crippen LogP contribution >= 0.6 is 11.8 Å². The van der Waals surface area contributed by atoms with E-state index in [-0.39, 0.29) is 18.4 Å². The van der Waals surface area contributed by atoms with Crippen molar-refractivity contribution in [2.75, 3.05) is 36.5 Å². The maximum absolute atomic E-state index is 12.8. The Morgan fingerprint density at radius 1 is 1.15 bits per heavy atom. The lowest BCUT2D eigenvalue weighted by molar-refractivity contribution is -0.135. The second kappa shape index (κ2) is 9.00. The van der Waals surface area contributed by atoms with Gasteiger partial charge in [-0.2, -0.15) is 11.8 Å². The molecule has 0 spiro atoms. The zero-order valence-electron chi connectivity index (χ0n) is 16.7. The molecular formula is C21H31N3O2S. The van der Waals surface area contributed by atoms with E-state index in [1.165, 1.54) is 6.42 Å². The highest BCUT2D eigenvalue weighted by atomic mass is 32.2. The Labute approximate surface area is 166 Å². The van der Waals surface area contributed by atoms with Crippen LogP contribution in [0.5, 0.6) is 0 Å². The van der Waals surface area contributed by atoms with Crippen molar-refractivity contribution in [1.82, 2.24) is 9.80 Å². The number of nitrogens with one attached hydrogen (secondary N) is 1. The summed E-state index contributed by atoms with van der Waals surface area (Å²) in [5.74, 6) is 2.23. The Bertz CT molecular complexity index is 678. The minimum absolute atomic E-state index is 0.0861. The van der Waals surface area contributed by atoms with Crippen LogP contribution in [0.1, 0.15) is 49.0 Å². The summed E-state index contributed by atoms with van der Waals surface area (Å²) in [5.41, 5.74) is 2.62. The van der Waals surface area contributed by atoms with Gasteiger partial charge in [-0.3, -0.25) is 9.59 Å². The zero-order valence-corrected chi connectivity index (χ0v) is 17.5. The number of carbonyl (C=O) groups is 2. The van der Waals surface area contributed by atoms with Gasteiger partial charge in [0.2, 0.25) is 5.91 Å². The van der Waals surface area contributed by atoms with Crippen LogP contribution in [0.15, 0.2) is 18.2 Å². The van der Waals surface area contributed by atoms with Gasteiger partial charge in [-0.15, -0.1) is 0 Å². The summed E-state index contributed by atoms with van der Waals surface area (Å²) in [6, 6.07) is 6.35. The molecule has 0 aliphatic carbocycles. The van der Waals surface area contributed by atoms with Gasteiger partial charge >= 0.3 is 0 Å². The first-order valence-electron chi connectivity index (χ1n) is 10.00. The number of amides is 2. The smallest absolute Gasteiger partial charge is 0.253 e. The number of benzene rings is 1. The molecule has 1 aromatic carbocycles. The molecule has 2 fully saturated rings. The summed E-state index contributed by atoms with van der Waals surface area (Å²) in [6.07, 6.45) is 3.35. The van der Waals surface area contributed by atoms with Crippen LogP contribution in [0.2, 0.25) is 0 Å². The van der Waals surface area contributed by atoms with E-state index < -0.39 is 0 Å². The highest BCUT2D eigenvalue weighted by Crippen LogP contribution is 2.23. The number of rotatable bonds is 4. The molecule has 5 nitrogen and oxygen atoms in total. The summed E-state index contributed by atoms with van der Waals surface area (Å²) in [4.78, 5) is 29.4. The van der Waals surface area contributed by atoms with Gasteiger partial charge in [0.25, 0.3) is 5.91 Å². The normalized spacial score (nSPS) is 23.2. The number of carbonyl (C=O) groups excluding carboxylic acids is 2. The molecule has 2 heterocycles. The summed E-state index contributed by atoms with van der Waals surface area (Å²) in [5, 5.41) is 3.28. The van der Waals surface area contributed by atoms with Gasteiger partial charge in [-0.1, -0.05) is 6.07 Å².